The Kier molecular flexibility index (Phi) is 6.32. The monoisotopic (exact) mass is 340 g/mol. The first-order valence-corrected chi connectivity index (χ1v) is 7.98. The number of amides is 1. The molecule has 1 heterocycles. The minimum absolute atomic E-state index is 0.0293. The lowest BCUT2D eigenvalue weighted by Gasteiger charge is -2.32. The number of benzene rings is 1. The number of carbonyl (C=O) groups excluding carboxylic acids is 1. The van der Waals surface area contributed by atoms with Crippen LogP contribution in [0.25, 0.3) is 0 Å². The Balaban J connectivity index is 1.77. The van der Waals surface area contributed by atoms with Crippen LogP contribution >= 0.6 is 11.6 Å². The van der Waals surface area contributed by atoms with E-state index in [4.69, 9.17) is 11.6 Å². The van der Waals surface area contributed by atoms with Crippen LogP contribution in [0.5, 0.6) is 0 Å². The minimum Gasteiger partial charge on any atom is -0.352 e. The van der Waals surface area contributed by atoms with Crippen molar-refractivity contribution in [3.05, 3.63) is 38.9 Å². The lowest BCUT2D eigenvalue weighted by molar-refractivity contribution is -0.384. The number of hydrogen-bond acceptors (Lipinski definition) is 5. The van der Waals surface area contributed by atoms with Crippen LogP contribution in [0.4, 0.5) is 5.69 Å². The Bertz CT molecular complexity index is 574. The van der Waals surface area contributed by atoms with Crippen LogP contribution in [-0.4, -0.2) is 66.9 Å². The number of piperazine rings is 1. The van der Waals surface area contributed by atoms with Gasteiger partial charge in [-0.1, -0.05) is 11.6 Å². The largest absolute Gasteiger partial charge is 0.352 e. The average molecular weight is 341 g/mol. The highest BCUT2D eigenvalue weighted by Crippen LogP contribution is 2.24. The van der Waals surface area contributed by atoms with Crippen LogP contribution in [0.2, 0.25) is 5.02 Å². The van der Waals surface area contributed by atoms with Crippen molar-refractivity contribution in [2.75, 3.05) is 46.3 Å². The molecule has 0 bridgehead atoms. The van der Waals surface area contributed by atoms with Crippen molar-refractivity contribution < 1.29 is 9.72 Å². The van der Waals surface area contributed by atoms with E-state index in [0.717, 1.165) is 39.1 Å². The molecule has 0 unspecified atom stereocenters. The van der Waals surface area contributed by atoms with E-state index in [1.807, 2.05) is 0 Å². The number of hydrogen-bond donors (Lipinski definition) is 1. The van der Waals surface area contributed by atoms with Gasteiger partial charge in [0, 0.05) is 44.4 Å². The van der Waals surface area contributed by atoms with E-state index in [-0.39, 0.29) is 22.2 Å². The second-order valence-corrected chi connectivity index (χ2v) is 6.08. The number of halogens is 1. The molecule has 0 spiro atoms. The van der Waals surface area contributed by atoms with Gasteiger partial charge in [0.2, 0.25) is 0 Å². The molecule has 0 aliphatic carbocycles. The third-order valence-corrected chi connectivity index (χ3v) is 4.26. The Hall–Kier alpha value is -1.70. The zero-order valence-corrected chi connectivity index (χ0v) is 13.9. The maximum Gasteiger partial charge on any atom is 0.288 e. The molecule has 1 fully saturated rings. The number of nitrogens with zero attached hydrogens (tertiary/aromatic N) is 3. The highest BCUT2D eigenvalue weighted by Gasteiger charge is 2.16. The number of nitro benzene ring substituents is 1. The van der Waals surface area contributed by atoms with Crippen LogP contribution in [0.3, 0.4) is 0 Å². The van der Waals surface area contributed by atoms with Gasteiger partial charge in [-0.3, -0.25) is 14.9 Å². The van der Waals surface area contributed by atoms with Crippen LogP contribution < -0.4 is 5.32 Å². The Morgan fingerprint density at radius 2 is 2.04 bits per heavy atom. The van der Waals surface area contributed by atoms with Crippen molar-refractivity contribution in [1.29, 1.82) is 0 Å². The van der Waals surface area contributed by atoms with E-state index >= 15 is 0 Å². The zero-order valence-electron chi connectivity index (χ0n) is 13.1. The molecule has 1 N–H and O–H groups in total. The van der Waals surface area contributed by atoms with E-state index in [1.54, 1.807) is 0 Å². The molecule has 1 aromatic carbocycles. The maximum absolute atomic E-state index is 12.0. The summed E-state index contributed by atoms with van der Waals surface area (Å²) in [5.41, 5.74) is -0.00236. The summed E-state index contributed by atoms with van der Waals surface area (Å²) in [6.45, 7) is 5.72. The second kappa shape index (κ2) is 8.24. The topological polar surface area (TPSA) is 78.7 Å². The van der Waals surface area contributed by atoms with Crippen molar-refractivity contribution in [3.8, 4) is 0 Å². The Morgan fingerprint density at radius 1 is 1.35 bits per heavy atom. The van der Waals surface area contributed by atoms with Crippen molar-refractivity contribution >= 4 is 23.2 Å². The summed E-state index contributed by atoms with van der Waals surface area (Å²) in [5.74, 6) is -0.317. The maximum atomic E-state index is 12.0. The summed E-state index contributed by atoms with van der Waals surface area (Å²) >= 11 is 5.74. The lowest BCUT2D eigenvalue weighted by Crippen LogP contribution is -2.45. The van der Waals surface area contributed by atoms with Crippen LogP contribution in [0.15, 0.2) is 18.2 Å². The van der Waals surface area contributed by atoms with E-state index in [9.17, 15) is 14.9 Å². The van der Waals surface area contributed by atoms with Gasteiger partial charge in [0.15, 0.2) is 0 Å². The van der Waals surface area contributed by atoms with Crippen molar-refractivity contribution in [2.45, 2.75) is 6.42 Å². The quantitative estimate of drug-likeness (QED) is 0.483. The number of rotatable bonds is 6. The smallest absolute Gasteiger partial charge is 0.288 e. The second-order valence-electron chi connectivity index (χ2n) is 5.68. The van der Waals surface area contributed by atoms with Crippen molar-refractivity contribution in [1.82, 2.24) is 15.1 Å². The Morgan fingerprint density at radius 3 is 2.70 bits per heavy atom. The molecule has 7 nitrogen and oxygen atoms in total. The molecular formula is C15H21ClN4O3. The molecule has 1 amide bonds. The molecule has 126 valence electrons. The Labute approximate surface area is 140 Å². The van der Waals surface area contributed by atoms with E-state index in [2.05, 4.69) is 22.2 Å². The normalized spacial score (nSPS) is 16.3. The highest BCUT2D eigenvalue weighted by molar-refractivity contribution is 6.32. The van der Waals surface area contributed by atoms with Crippen molar-refractivity contribution in [3.63, 3.8) is 0 Å². The predicted octanol–water partition coefficient (Wildman–Crippen LogP) is 1.62. The fraction of sp³-hybridized carbons (Fsp3) is 0.533. The van der Waals surface area contributed by atoms with Gasteiger partial charge in [-0.15, -0.1) is 0 Å². The number of nitrogens with one attached hydrogen (secondary N) is 1. The van der Waals surface area contributed by atoms with Crippen molar-refractivity contribution in [2.24, 2.45) is 0 Å². The van der Waals surface area contributed by atoms with Gasteiger partial charge in [0.1, 0.15) is 5.02 Å². The average Bonchev–Trinajstić information content (AvgIpc) is 2.53. The highest BCUT2D eigenvalue weighted by atomic mass is 35.5. The lowest BCUT2D eigenvalue weighted by atomic mass is 10.2. The van der Waals surface area contributed by atoms with Crippen LogP contribution in [-0.2, 0) is 0 Å². The molecule has 1 aromatic rings. The molecule has 8 heteroatoms. The van der Waals surface area contributed by atoms with E-state index in [0.29, 0.717) is 6.54 Å². The van der Waals surface area contributed by atoms with Gasteiger partial charge < -0.3 is 15.1 Å². The molecule has 23 heavy (non-hydrogen) atoms. The summed E-state index contributed by atoms with van der Waals surface area (Å²) in [4.78, 5) is 26.9. The SMILES string of the molecule is CN1CCN(CCCNC(=O)c2ccc(Cl)c([N+](=O)[O-])c2)CC1. The van der Waals surface area contributed by atoms with Crippen LogP contribution in [0.1, 0.15) is 16.8 Å². The molecule has 2 rings (SSSR count). The van der Waals surface area contributed by atoms with Gasteiger partial charge in [-0.05, 0) is 32.1 Å². The first-order chi connectivity index (χ1) is 11.0. The molecule has 1 saturated heterocycles. The summed E-state index contributed by atoms with van der Waals surface area (Å²) < 4.78 is 0. The van der Waals surface area contributed by atoms with Gasteiger partial charge in [-0.2, -0.15) is 0 Å². The summed E-state index contributed by atoms with van der Waals surface area (Å²) in [7, 11) is 2.11. The standard InChI is InChI=1S/C15H21ClN4O3/c1-18-7-9-19(10-8-18)6-2-5-17-15(21)12-3-4-13(16)14(11-12)20(22)23/h3-4,11H,2,5-10H2,1H3,(H,17,21). The fourth-order valence-corrected chi connectivity index (χ4v) is 2.66. The minimum atomic E-state index is -0.591. The molecule has 0 aromatic heterocycles. The number of carbonyl (C=O) groups is 1. The first kappa shape index (κ1) is 17.7. The summed E-state index contributed by atoms with van der Waals surface area (Å²) in [5, 5.41) is 13.7. The number of likely N-dealkylation sites (N-methyl/N-ethyl adjacent to an activating group) is 1. The zero-order chi connectivity index (χ0) is 16.8. The van der Waals surface area contributed by atoms with Gasteiger partial charge in [-0.25, -0.2) is 0 Å². The van der Waals surface area contributed by atoms with E-state index in [1.165, 1.54) is 18.2 Å². The van der Waals surface area contributed by atoms with Gasteiger partial charge in [0.05, 0.1) is 4.92 Å². The van der Waals surface area contributed by atoms with Gasteiger partial charge >= 0.3 is 0 Å². The molecule has 0 radical (unpaired) electrons. The van der Waals surface area contributed by atoms with Crippen LogP contribution in [0, 0.1) is 10.1 Å². The van der Waals surface area contributed by atoms with E-state index < -0.39 is 4.92 Å². The third-order valence-electron chi connectivity index (χ3n) is 3.94. The third kappa shape index (κ3) is 5.16. The molecule has 1 aliphatic rings. The predicted molar refractivity (Wildman–Crippen MR) is 89.0 cm³/mol. The first-order valence-electron chi connectivity index (χ1n) is 7.60. The molecular weight excluding hydrogens is 320 g/mol. The summed E-state index contributed by atoms with van der Waals surface area (Å²) in [6, 6.07) is 4.07. The molecule has 1 aliphatic heterocycles. The van der Waals surface area contributed by atoms with Gasteiger partial charge in [0.25, 0.3) is 11.6 Å². The fourth-order valence-electron chi connectivity index (χ4n) is 2.47. The molecule has 0 atom stereocenters. The number of nitro groups is 1. The summed E-state index contributed by atoms with van der Waals surface area (Å²) in [6.07, 6.45) is 0.852. The molecule has 0 saturated carbocycles.